The van der Waals surface area contributed by atoms with Crippen molar-refractivity contribution in [3.63, 3.8) is 0 Å². The summed E-state index contributed by atoms with van der Waals surface area (Å²) in [6.45, 7) is 9.35. The standard InChI is InChI=1S/2C9H13.2BrH.Hf/c2*1-8(2)7-9-5-3-4-6-9;;;/h2*3,5,8H,4,7H2,1-2H3;2*1H;. The molecule has 2 rings (SSSR count). The van der Waals surface area contributed by atoms with Gasteiger partial charge in [-0.2, -0.15) is 0 Å². The first-order valence-electron chi connectivity index (χ1n) is 7.60. The van der Waals surface area contributed by atoms with Gasteiger partial charge in [-0.3, -0.25) is 0 Å². The van der Waals surface area contributed by atoms with Gasteiger partial charge in [0.2, 0.25) is 0 Å². The molecule has 3 heteroatoms. The van der Waals surface area contributed by atoms with Crippen molar-refractivity contribution in [1.29, 1.82) is 0 Å². The molecule has 0 aromatic rings. The van der Waals surface area contributed by atoms with E-state index in [0.717, 1.165) is 11.8 Å². The minimum absolute atomic E-state index is 0. The van der Waals surface area contributed by atoms with Gasteiger partial charge in [-0.25, -0.2) is 0 Å². The summed E-state index contributed by atoms with van der Waals surface area (Å²) in [6, 6.07) is 0. The normalized spacial score (nSPS) is 16.9. The van der Waals surface area contributed by atoms with Gasteiger partial charge >= 0.3 is 130 Å². The van der Waals surface area contributed by atoms with E-state index in [4.69, 9.17) is 0 Å². The first kappa shape index (κ1) is 21.8. The Labute approximate surface area is 163 Å². The molecule has 0 spiro atoms. The van der Waals surface area contributed by atoms with Crippen LogP contribution in [-0.4, -0.2) is 0 Å². The summed E-state index contributed by atoms with van der Waals surface area (Å²) in [5.74, 6) is 1.59. The number of rotatable bonds is 6. The second-order valence-corrected chi connectivity index (χ2v) is 11.8. The van der Waals surface area contributed by atoms with Gasteiger partial charge < -0.3 is 0 Å². The molecule has 0 unspecified atom stereocenters. The van der Waals surface area contributed by atoms with Crippen LogP contribution in [0.4, 0.5) is 0 Å². The van der Waals surface area contributed by atoms with Crippen LogP contribution in [0.1, 0.15) is 53.4 Å². The molecule has 118 valence electrons. The Balaban J connectivity index is 0.00000200. The van der Waals surface area contributed by atoms with Gasteiger partial charge in [0.05, 0.1) is 0 Å². The summed E-state index contributed by atoms with van der Waals surface area (Å²) in [6.07, 6.45) is 14.7. The average molecular weight is 583 g/mol. The number of halogens is 2. The van der Waals surface area contributed by atoms with Gasteiger partial charge in [0.25, 0.3) is 0 Å². The molecular weight excluding hydrogens is 554 g/mol. The van der Waals surface area contributed by atoms with Crippen molar-refractivity contribution in [3.05, 3.63) is 42.1 Å². The Morgan fingerprint density at radius 2 is 1.19 bits per heavy atom. The minimum atomic E-state index is -0.740. The van der Waals surface area contributed by atoms with Crippen molar-refractivity contribution in [1.82, 2.24) is 0 Å². The topological polar surface area (TPSA) is 0 Å². The van der Waals surface area contributed by atoms with Gasteiger partial charge in [0, 0.05) is 0 Å². The molecule has 0 saturated carbocycles. The summed E-state index contributed by atoms with van der Waals surface area (Å²) in [4.78, 5) is 0. The molecule has 0 atom stereocenters. The second kappa shape index (κ2) is 10.5. The van der Waals surface area contributed by atoms with Crippen LogP contribution in [0.5, 0.6) is 0 Å². The molecule has 0 fully saturated rings. The van der Waals surface area contributed by atoms with E-state index >= 15 is 0 Å². The fourth-order valence-electron chi connectivity index (χ4n) is 2.81. The third kappa shape index (κ3) is 6.83. The van der Waals surface area contributed by atoms with Gasteiger partial charge in [0.15, 0.2) is 0 Å². The van der Waals surface area contributed by atoms with Crippen LogP contribution in [0.25, 0.3) is 0 Å². The zero-order valence-electron chi connectivity index (χ0n) is 13.6. The van der Waals surface area contributed by atoms with Crippen LogP contribution in [0.15, 0.2) is 42.1 Å². The Bertz CT molecular complexity index is 412. The molecule has 0 aliphatic heterocycles. The molecular formula is C18H28Br2Hf. The maximum absolute atomic E-state index is 2.41. The molecule has 2 aliphatic rings. The van der Waals surface area contributed by atoms with Gasteiger partial charge in [-0.1, -0.05) is 0 Å². The van der Waals surface area contributed by atoms with Gasteiger partial charge in [0.1, 0.15) is 0 Å². The summed E-state index contributed by atoms with van der Waals surface area (Å²) >= 11 is -0.740. The third-order valence-electron chi connectivity index (χ3n) is 3.62. The van der Waals surface area contributed by atoms with Crippen LogP contribution in [0, 0.1) is 11.8 Å². The predicted molar refractivity (Wildman–Crippen MR) is 101 cm³/mol. The molecule has 0 radical (unpaired) electrons. The Hall–Kier alpha value is 0.790. The monoisotopic (exact) mass is 582 g/mol. The molecule has 0 aromatic heterocycles. The third-order valence-corrected chi connectivity index (χ3v) is 9.56. The number of hydrogen-bond acceptors (Lipinski definition) is 0. The molecule has 0 bridgehead atoms. The van der Waals surface area contributed by atoms with Crippen molar-refractivity contribution >= 4 is 34.0 Å². The number of allylic oxidation sites excluding steroid dienone is 8. The van der Waals surface area contributed by atoms with E-state index in [0.29, 0.717) is 0 Å². The maximum atomic E-state index is 2.41. The summed E-state index contributed by atoms with van der Waals surface area (Å²) in [5, 5.41) is 0. The Morgan fingerprint density at radius 3 is 1.52 bits per heavy atom. The zero-order valence-corrected chi connectivity index (χ0v) is 20.6. The van der Waals surface area contributed by atoms with Crippen LogP contribution in [0.3, 0.4) is 0 Å². The molecule has 0 amide bonds. The van der Waals surface area contributed by atoms with Crippen molar-refractivity contribution in [3.8, 4) is 0 Å². The summed E-state index contributed by atoms with van der Waals surface area (Å²) in [5.41, 5.74) is 3.39. The van der Waals surface area contributed by atoms with Crippen LogP contribution in [0.2, 0.25) is 0 Å². The molecule has 0 aromatic carbocycles. The Morgan fingerprint density at radius 1 is 0.810 bits per heavy atom. The van der Waals surface area contributed by atoms with E-state index in [9.17, 15) is 0 Å². The van der Waals surface area contributed by atoms with E-state index in [2.05, 4.69) is 52.0 Å². The van der Waals surface area contributed by atoms with E-state index in [1.54, 1.807) is 11.1 Å². The van der Waals surface area contributed by atoms with Gasteiger partial charge in [-0.05, 0) is 0 Å². The van der Waals surface area contributed by atoms with E-state index < -0.39 is 22.9 Å². The van der Waals surface area contributed by atoms with Crippen molar-refractivity contribution < 1.29 is 22.9 Å². The molecule has 0 saturated heterocycles. The Kier molecular flexibility index (Phi) is 10.9. The fourth-order valence-corrected chi connectivity index (χ4v) is 8.18. The van der Waals surface area contributed by atoms with Crippen LogP contribution >= 0.6 is 34.0 Å². The first-order valence-corrected chi connectivity index (χ1v) is 11.2. The average Bonchev–Trinajstić information content (AvgIpc) is 2.89. The molecule has 2 aliphatic carbocycles. The van der Waals surface area contributed by atoms with E-state index in [1.165, 1.54) is 25.7 Å². The molecule has 0 N–H and O–H groups in total. The second-order valence-electron chi connectivity index (χ2n) is 6.54. The van der Waals surface area contributed by atoms with E-state index in [1.807, 2.05) is 6.66 Å². The fraction of sp³-hybridized carbons (Fsp3) is 0.556. The molecule has 0 nitrogen and oxygen atoms in total. The van der Waals surface area contributed by atoms with Gasteiger partial charge in [-0.15, -0.1) is 34.0 Å². The molecule has 21 heavy (non-hydrogen) atoms. The predicted octanol–water partition coefficient (Wildman–Crippen LogP) is 6.74. The zero-order chi connectivity index (χ0) is 13.8. The first-order chi connectivity index (χ1) is 9.06. The quantitative estimate of drug-likeness (QED) is 0.304. The van der Waals surface area contributed by atoms with Crippen LogP contribution in [-0.2, 0) is 22.9 Å². The van der Waals surface area contributed by atoms with Crippen molar-refractivity contribution in [2.75, 3.05) is 0 Å². The van der Waals surface area contributed by atoms with E-state index in [-0.39, 0.29) is 34.0 Å². The SMILES string of the molecule is Br.Br.CC(C)CC1=[C]([Hf][C]2=C(CC(C)C)C=CC2)CC=C1. The van der Waals surface area contributed by atoms with Crippen molar-refractivity contribution in [2.45, 2.75) is 53.4 Å². The summed E-state index contributed by atoms with van der Waals surface area (Å²) < 4.78 is 3.74. The number of hydrogen-bond donors (Lipinski definition) is 0. The van der Waals surface area contributed by atoms with Crippen molar-refractivity contribution in [2.24, 2.45) is 11.8 Å². The summed E-state index contributed by atoms with van der Waals surface area (Å²) in [7, 11) is 0. The molecule has 0 heterocycles. The van der Waals surface area contributed by atoms with Crippen LogP contribution < -0.4 is 0 Å².